The van der Waals surface area contributed by atoms with Crippen LogP contribution in [0.15, 0.2) is 77.8 Å². The molecule has 0 bridgehead atoms. The lowest BCUT2D eigenvalue weighted by Gasteiger charge is -2.31. The summed E-state index contributed by atoms with van der Waals surface area (Å²) in [5.74, 6) is 6.59. The number of anilines is 3. The van der Waals surface area contributed by atoms with Crippen molar-refractivity contribution in [1.29, 1.82) is 10.8 Å². The number of carbonyl (C=O) groups excluding carboxylic acids is 2. The van der Waals surface area contributed by atoms with E-state index in [1.807, 2.05) is 49.5 Å². The normalized spacial score (nSPS) is 13.9. The summed E-state index contributed by atoms with van der Waals surface area (Å²) < 4.78 is 52.1. The number of aliphatic imine (C=N–C) groups is 1. The molecular weight excluding hydrogens is 1010 g/mol. The van der Waals surface area contributed by atoms with E-state index in [1.54, 1.807) is 41.4 Å². The van der Waals surface area contributed by atoms with Crippen LogP contribution in [0.1, 0.15) is 54.0 Å². The van der Waals surface area contributed by atoms with Crippen molar-refractivity contribution < 1.29 is 32.2 Å². The van der Waals surface area contributed by atoms with Crippen molar-refractivity contribution in [3.8, 4) is 11.8 Å². The number of nitrogens with zero attached hydrogens (tertiary/aromatic N) is 4. The number of likely N-dealkylation sites (tertiary alicyclic amines) is 1. The summed E-state index contributed by atoms with van der Waals surface area (Å²) in [7, 11) is 1.72. The number of hydrogen-bond acceptors (Lipinski definition) is 12. The Balaban J connectivity index is 0.000000232. The number of ether oxygens (including phenoxy) is 2. The second-order valence-electron chi connectivity index (χ2n) is 17.8. The Morgan fingerprint density at radius 3 is 2.27 bits per heavy atom. The van der Waals surface area contributed by atoms with Gasteiger partial charge in [0.05, 0.1) is 63.0 Å². The van der Waals surface area contributed by atoms with Gasteiger partial charge in [-0.1, -0.05) is 55.8 Å². The maximum absolute atomic E-state index is 13.5. The number of hydrogen-bond donors (Lipinski definition) is 6. The highest BCUT2D eigenvalue weighted by molar-refractivity contribution is 7.64. The number of rotatable bonds is 18. The Kier molecular flexibility index (Phi) is 23.6. The molecule has 0 radical (unpaired) electrons. The lowest BCUT2D eigenvalue weighted by molar-refractivity contribution is -0.140. The molecule has 4 heterocycles. The number of alkyl halides is 3. The van der Waals surface area contributed by atoms with Crippen LogP contribution < -0.4 is 31.5 Å². The number of thiophene rings is 1. The molecule has 0 spiro atoms. The van der Waals surface area contributed by atoms with Crippen LogP contribution in [0.3, 0.4) is 0 Å². The minimum Gasteiger partial charge on any atom is -0.382 e. The Morgan fingerprint density at radius 2 is 1.66 bits per heavy atom. The average molecular weight is 1080 g/mol. The van der Waals surface area contributed by atoms with Gasteiger partial charge >= 0.3 is 6.18 Å². The topological polar surface area (TPSA) is 172 Å². The number of benzene rings is 3. The third-order valence-corrected chi connectivity index (χ3v) is 14.7. The molecular formula is C54H69ClF3N10O4PS. The molecule has 1 fully saturated rings. The number of nitrogens with one attached hydrogen (secondary N) is 6. The first-order chi connectivity index (χ1) is 35.4. The zero-order chi connectivity index (χ0) is 53.8. The second kappa shape index (κ2) is 29.5. The van der Waals surface area contributed by atoms with Gasteiger partial charge in [0.1, 0.15) is 29.5 Å². The molecule has 14 nitrogen and oxygen atoms in total. The monoisotopic (exact) mass is 1080 g/mol. The first-order valence-corrected chi connectivity index (χ1v) is 27.8. The van der Waals surface area contributed by atoms with E-state index in [0.29, 0.717) is 74.0 Å². The van der Waals surface area contributed by atoms with Crippen molar-refractivity contribution in [2.45, 2.75) is 59.3 Å². The standard InChI is InChI=1S/C28H32F3N4OP.C17H17ClN4S.C9H20N2O3/c1-37(2)24-10-8-21(9-11-24)32-14-4-5-23-19-25-26(33-22-12-15-34(16-13-22)17-18-36)6-3-7-27(25)35(23)20-28(29,30)31;1-9-10(2)23-17-15(9)16(12-4-6-13(18)7-5-12)21-8-14(20)22(17)11(3)19;1-9(12)11-4-6-14-8-7-13-5-3-10-2/h3,6-11,18-19,22,32-33H,12-17,20H2,1-2H3;4-7,19-20H,8H2,1-3H3;10H,3-8H2,1-2H3,(H,11,12). The Bertz CT molecular complexity index is 2750. The van der Waals surface area contributed by atoms with E-state index in [4.69, 9.17) is 31.9 Å². The molecule has 0 atom stereocenters. The van der Waals surface area contributed by atoms with Crippen molar-refractivity contribution >= 4 is 93.0 Å². The third kappa shape index (κ3) is 18.0. The predicted octanol–water partition coefficient (Wildman–Crippen LogP) is 9.13. The first kappa shape index (κ1) is 59.2. The van der Waals surface area contributed by atoms with E-state index < -0.39 is 12.7 Å². The summed E-state index contributed by atoms with van der Waals surface area (Å²) >= 11 is 7.61. The van der Waals surface area contributed by atoms with Crippen LogP contribution >= 0.6 is 30.9 Å². The van der Waals surface area contributed by atoms with Gasteiger partial charge in [-0.15, -0.1) is 11.3 Å². The summed E-state index contributed by atoms with van der Waals surface area (Å²) in [6, 6.07) is 23.1. The molecule has 0 saturated carbocycles. The van der Waals surface area contributed by atoms with Crippen molar-refractivity contribution in [1.82, 2.24) is 20.1 Å². The van der Waals surface area contributed by atoms with Gasteiger partial charge < -0.3 is 40.1 Å². The van der Waals surface area contributed by atoms with Crippen molar-refractivity contribution in [2.75, 3.05) is 108 Å². The maximum atomic E-state index is 13.5. The van der Waals surface area contributed by atoms with Crippen molar-refractivity contribution in [2.24, 2.45) is 4.99 Å². The molecule has 2 aliphatic rings. The number of fused-ring (bicyclic) bond motifs is 2. The van der Waals surface area contributed by atoms with Gasteiger partial charge in [0.15, 0.2) is 0 Å². The predicted molar refractivity (Wildman–Crippen MR) is 301 cm³/mol. The molecule has 398 valence electrons. The van der Waals surface area contributed by atoms with Crippen LogP contribution in [0.4, 0.5) is 29.5 Å². The summed E-state index contributed by atoms with van der Waals surface area (Å²) in [4.78, 5) is 30.9. The quantitative estimate of drug-likeness (QED) is 0.0125. The van der Waals surface area contributed by atoms with E-state index in [9.17, 15) is 22.8 Å². The van der Waals surface area contributed by atoms with Gasteiger partial charge in [-0.3, -0.25) is 30.4 Å². The van der Waals surface area contributed by atoms with Gasteiger partial charge in [-0.2, -0.15) is 13.2 Å². The average Bonchev–Trinajstić information content (AvgIpc) is 3.79. The summed E-state index contributed by atoms with van der Waals surface area (Å²) in [6.45, 7) is 17.1. The number of aldehydes is 1. The fourth-order valence-corrected chi connectivity index (χ4v) is 10.2. The van der Waals surface area contributed by atoms with Crippen LogP contribution in [-0.2, 0) is 25.6 Å². The summed E-state index contributed by atoms with van der Waals surface area (Å²) in [6.07, 6.45) is -1.72. The fourth-order valence-electron chi connectivity index (χ4n) is 8.07. The number of piperidine rings is 1. The highest BCUT2D eigenvalue weighted by Crippen LogP contribution is 2.39. The Morgan fingerprint density at radius 1 is 0.986 bits per heavy atom. The van der Waals surface area contributed by atoms with Crippen molar-refractivity contribution in [3.05, 3.63) is 105 Å². The van der Waals surface area contributed by atoms with Gasteiger partial charge in [0, 0.05) is 76.9 Å². The molecule has 1 amide bonds. The lowest BCUT2D eigenvalue weighted by Crippen LogP contribution is -2.39. The Labute approximate surface area is 443 Å². The van der Waals surface area contributed by atoms with Gasteiger partial charge in [0.25, 0.3) is 0 Å². The van der Waals surface area contributed by atoms with Crippen LogP contribution in [0.25, 0.3) is 10.9 Å². The number of aromatic nitrogens is 1. The van der Waals surface area contributed by atoms with E-state index in [-0.39, 0.29) is 26.4 Å². The number of halogens is 4. The number of carbonyl (C=O) groups is 2. The number of likely N-dealkylation sites (N-methyl/N-ethyl adjacent to an activating group) is 1. The largest absolute Gasteiger partial charge is 0.406 e. The number of amidine groups is 2. The zero-order valence-electron chi connectivity index (χ0n) is 43.3. The SMILES string of the molecule is CC(=N)N1C(=N)CN=C(c2ccc(Cl)cc2)c2c1sc(C)c2C.CNCCOCCOCCNC(C)=O.CP(C)c1ccc(NCC#Cc2cc3c(NC4CCN(CC=O)CC4)cccc3n2CC(F)(F)F)cc1. The second-order valence-corrected chi connectivity index (χ2v) is 21.7. The zero-order valence-corrected chi connectivity index (χ0v) is 45.7. The molecule has 0 aliphatic carbocycles. The summed E-state index contributed by atoms with van der Waals surface area (Å²) in [5, 5.41) is 32.3. The van der Waals surface area contributed by atoms with Crippen molar-refractivity contribution in [3.63, 3.8) is 0 Å². The smallest absolute Gasteiger partial charge is 0.382 e. The molecule has 20 heteroatoms. The maximum Gasteiger partial charge on any atom is 0.406 e. The van der Waals surface area contributed by atoms with Crippen LogP contribution in [0.2, 0.25) is 5.02 Å². The van der Waals surface area contributed by atoms with E-state index >= 15 is 0 Å². The molecule has 74 heavy (non-hydrogen) atoms. The molecule has 0 unspecified atom stereocenters. The minimum absolute atomic E-state index is 0.0288. The Hall–Kier alpha value is -5.64. The molecule has 1 saturated heterocycles. The first-order valence-electron chi connectivity index (χ1n) is 24.4. The van der Waals surface area contributed by atoms with Crippen LogP contribution in [0.5, 0.6) is 0 Å². The van der Waals surface area contributed by atoms with E-state index in [0.717, 1.165) is 82.9 Å². The van der Waals surface area contributed by atoms with Gasteiger partial charge in [-0.05, 0) is 113 Å². The molecule has 6 N–H and O–H groups in total. The number of aryl methyl sites for hydroxylation is 1. The van der Waals surface area contributed by atoms with E-state index in [2.05, 4.69) is 82.3 Å². The fraction of sp³-hybridized carbons (Fsp3) is 0.426. The molecule has 3 aromatic carbocycles. The molecule has 7 rings (SSSR count). The van der Waals surface area contributed by atoms with Gasteiger partial charge in [-0.25, -0.2) is 0 Å². The minimum atomic E-state index is -4.37. The molecule has 2 aliphatic heterocycles. The molecule has 2 aromatic heterocycles. The van der Waals surface area contributed by atoms with Crippen LogP contribution in [0, 0.1) is 36.5 Å². The highest BCUT2D eigenvalue weighted by atomic mass is 35.5. The van der Waals surface area contributed by atoms with Crippen LogP contribution in [-0.4, -0.2) is 144 Å². The summed E-state index contributed by atoms with van der Waals surface area (Å²) in [5.41, 5.74) is 6.59. The third-order valence-electron chi connectivity index (χ3n) is 11.9. The number of amides is 1. The highest BCUT2D eigenvalue weighted by Gasteiger charge is 2.31. The molecule has 5 aromatic rings. The van der Waals surface area contributed by atoms with E-state index in [1.165, 1.54) is 21.7 Å². The lowest BCUT2D eigenvalue weighted by atomic mass is 10.00. The van der Waals surface area contributed by atoms with Gasteiger partial charge in [0.2, 0.25) is 5.91 Å².